The topological polar surface area (TPSA) is 64.3 Å². The molecule has 1 amide bonds. The Hall–Kier alpha value is -1.31. The fourth-order valence-electron chi connectivity index (χ4n) is 4.22. The first-order valence-corrected chi connectivity index (χ1v) is 8.43. The molecule has 0 aromatic heterocycles. The quantitative estimate of drug-likeness (QED) is 0.829. The molecule has 1 saturated heterocycles. The molecule has 3 atom stereocenters. The van der Waals surface area contributed by atoms with Crippen molar-refractivity contribution in [1.29, 1.82) is 0 Å². The van der Waals surface area contributed by atoms with Crippen LogP contribution in [0, 0.1) is 11.3 Å². The van der Waals surface area contributed by atoms with Gasteiger partial charge < -0.3 is 15.8 Å². The monoisotopic (exact) mass is 392 g/mol. The number of nitrogens with one attached hydrogen (secondary N) is 1. The number of halogens is 4. The summed E-state index contributed by atoms with van der Waals surface area (Å²) < 4.78 is 44.1. The van der Waals surface area contributed by atoms with Crippen molar-refractivity contribution < 1.29 is 22.7 Å². The highest BCUT2D eigenvalue weighted by molar-refractivity contribution is 5.89. The summed E-state index contributed by atoms with van der Waals surface area (Å²) in [4.78, 5) is 12.8. The van der Waals surface area contributed by atoms with E-state index in [1.807, 2.05) is 13.8 Å². The summed E-state index contributed by atoms with van der Waals surface area (Å²) in [6.45, 7) is 4.50. The van der Waals surface area contributed by atoms with Crippen molar-refractivity contribution in [1.82, 2.24) is 5.32 Å². The van der Waals surface area contributed by atoms with Crippen LogP contribution in [0.4, 0.5) is 13.2 Å². The number of carbonyl (C=O) groups excluding carboxylic acids is 1. The van der Waals surface area contributed by atoms with E-state index in [0.29, 0.717) is 12.2 Å². The highest BCUT2D eigenvalue weighted by Crippen LogP contribution is 2.57. The lowest BCUT2D eigenvalue weighted by Gasteiger charge is -2.65. The molecule has 26 heavy (non-hydrogen) atoms. The number of alkyl halides is 3. The van der Waals surface area contributed by atoms with Gasteiger partial charge in [0.1, 0.15) is 5.54 Å². The SMILES string of the molecule is CC1(C)C2OCCCC2C1(N)C(=O)NCc1cccc(C(F)(F)F)c1.Cl. The minimum Gasteiger partial charge on any atom is -0.377 e. The van der Waals surface area contributed by atoms with Crippen molar-refractivity contribution in [3.05, 3.63) is 35.4 Å². The molecule has 3 N–H and O–H groups in total. The lowest BCUT2D eigenvalue weighted by molar-refractivity contribution is -0.225. The minimum absolute atomic E-state index is 0. The second kappa shape index (κ2) is 7.02. The Morgan fingerprint density at radius 3 is 2.73 bits per heavy atom. The molecule has 2 aliphatic rings. The van der Waals surface area contributed by atoms with Crippen LogP contribution in [0.1, 0.15) is 37.8 Å². The van der Waals surface area contributed by atoms with Gasteiger partial charge >= 0.3 is 6.18 Å². The number of benzene rings is 1. The number of rotatable bonds is 3. The Morgan fingerprint density at radius 2 is 2.08 bits per heavy atom. The summed E-state index contributed by atoms with van der Waals surface area (Å²) in [5.74, 6) is -0.389. The first kappa shape index (κ1) is 21.0. The van der Waals surface area contributed by atoms with E-state index in [1.165, 1.54) is 6.07 Å². The van der Waals surface area contributed by atoms with Crippen LogP contribution in [0.15, 0.2) is 24.3 Å². The smallest absolute Gasteiger partial charge is 0.377 e. The second-order valence-electron chi connectivity index (χ2n) is 7.51. The molecule has 3 unspecified atom stereocenters. The molecule has 0 radical (unpaired) electrons. The van der Waals surface area contributed by atoms with E-state index in [9.17, 15) is 18.0 Å². The lowest BCUT2D eigenvalue weighted by atomic mass is 9.46. The van der Waals surface area contributed by atoms with Crippen LogP contribution in [0.5, 0.6) is 0 Å². The van der Waals surface area contributed by atoms with Gasteiger partial charge in [-0.15, -0.1) is 12.4 Å². The zero-order valence-electron chi connectivity index (χ0n) is 14.7. The molecule has 1 aromatic carbocycles. The van der Waals surface area contributed by atoms with Crippen LogP contribution >= 0.6 is 12.4 Å². The predicted molar refractivity (Wildman–Crippen MR) is 93.7 cm³/mol. The molecule has 1 aliphatic carbocycles. The van der Waals surface area contributed by atoms with Crippen molar-refractivity contribution in [3.8, 4) is 0 Å². The van der Waals surface area contributed by atoms with Gasteiger partial charge in [0.15, 0.2) is 0 Å². The van der Waals surface area contributed by atoms with Crippen LogP contribution in [0.25, 0.3) is 0 Å². The first-order chi connectivity index (χ1) is 11.6. The van der Waals surface area contributed by atoms with Crippen molar-refractivity contribution in [2.45, 2.75) is 51.1 Å². The van der Waals surface area contributed by atoms with Crippen molar-refractivity contribution >= 4 is 18.3 Å². The molecule has 3 rings (SSSR count). The molecule has 1 aromatic rings. The van der Waals surface area contributed by atoms with Gasteiger partial charge in [-0.05, 0) is 30.5 Å². The molecular formula is C18H24ClF3N2O2. The summed E-state index contributed by atoms with van der Waals surface area (Å²) in [6.07, 6.45) is -2.78. The Labute approximate surface area is 157 Å². The molecule has 1 saturated carbocycles. The van der Waals surface area contributed by atoms with Gasteiger partial charge in [-0.1, -0.05) is 26.0 Å². The second-order valence-corrected chi connectivity index (χ2v) is 7.51. The largest absolute Gasteiger partial charge is 0.416 e. The standard InChI is InChI=1S/C18H23F3N2O2.ClH/c1-16(2)14-13(7-4-8-25-14)17(16,22)15(24)23-10-11-5-3-6-12(9-11)18(19,20)21;/h3,5-6,9,13-14H,4,7-8,10,22H2,1-2H3,(H,23,24);1H. The summed E-state index contributed by atoms with van der Waals surface area (Å²) in [5.41, 5.74) is 4.54. The predicted octanol–water partition coefficient (Wildman–Crippen LogP) is 3.28. The molecule has 146 valence electrons. The van der Waals surface area contributed by atoms with Gasteiger partial charge in [0.2, 0.25) is 5.91 Å². The maximum absolute atomic E-state index is 12.8. The maximum Gasteiger partial charge on any atom is 0.416 e. The summed E-state index contributed by atoms with van der Waals surface area (Å²) in [6, 6.07) is 4.94. The number of hydrogen-bond acceptors (Lipinski definition) is 3. The van der Waals surface area contributed by atoms with E-state index in [0.717, 1.165) is 25.0 Å². The highest BCUT2D eigenvalue weighted by Gasteiger charge is 2.70. The lowest BCUT2D eigenvalue weighted by Crippen LogP contribution is -2.82. The van der Waals surface area contributed by atoms with Crippen LogP contribution < -0.4 is 11.1 Å². The third-order valence-corrected chi connectivity index (χ3v) is 5.77. The number of hydrogen-bond donors (Lipinski definition) is 2. The molecular weight excluding hydrogens is 369 g/mol. The van der Waals surface area contributed by atoms with Crippen LogP contribution in [-0.2, 0) is 22.3 Å². The van der Waals surface area contributed by atoms with Gasteiger partial charge in [-0.2, -0.15) is 13.2 Å². The number of amides is 1. The van der Waals surface area contributed by atoms with Gasteiger partial charge in [0, 0.05) is 24.5 Å². The van der Waals surface area contributed by atoms with Gasteiger partial charge in [0.05, 0.1) is 11.7 Å². The maximum atomic E-state index is 12.8. The molecule has 8 heteroatoms. The van der Waals surface area contributed by atoms with E-state index in [4.69, 9.17) is 10.5 Å². The molecule has 1 heterocycles. The molecule has 4 nitrogen and oxygen atoms in total. The van der Waals surface area contributed by atoms with E-state index >= 15 is 0 Å². The summed E-state index contributed by atoms with van der Waals surface area (Å²) in [7, 11) is 0. The summed E-state index contributed by atoms with van der Waals surface area (Å²) >= 11 is 0. The third-order valence-electron chi connectivity index (χ3n) is 5.77. The zero-order chi connectivity index (χ0) is 18.5. The first-order valence-electron chi connectivity index (χ1n) is 8.43. The average molecular weight is 393 g/mol. The molecule has 0 spiro atoms. The van der Waals surface area contributed by atoms with Crippen LogP contribution in [-0.4, -0.2) is 24.2 Å². The minimum atomic E-state index is -4.41. The number of carbonyl (C=O) groups is 1. The van der Waals surface area contributed by atoms with Gasteiger partial charge in [0.25, 0.3) is 0 Å². The average Bonchev–Trinajstić information content (AvgIpc) is 2.58. The molecule has 1 aliphatic heterocycles. The number of ether oxygens (including phenoxy) is 1. The summed E-state index contributed by atoms with van der Waals surface area (Å²) in [5, 5.41) is 2.72. The fourth-order valence-corrected chi connectivity index (χ4v) is 4.22. The Bertz CT molecular complexity index is 681. The van der Waals surface area contributed by atoms with E-state index in [-0.39, 0.29) is 36.9 Å². The normalized spacial score (nSPS) is 29.8. The van der Waals surface area contributed by atoms with E-state index < -0.39 is 22.7 Å². The zero-order valence-corrected chi connectivity index (χ0v) is 15.5. The fraction of sp³-hybridized carbons (Fsp3) is 0.611. The van der Waals surface area contributed by atoms with Crippen LogP contribution in [0.3, 0.4) is 0 Å². The molecule has 0 bridgehead atoms. The van der Waals surface area contributed by atoms with E-state index in [2.05, 4.69) is 5.32 Å². The third kappa shape index (κ3) is 3.21. The molecule has 2 fully saturated rings. The van der Waals surface area contributed by atoms with Crippen molar-refractivity contribution in [3.63, 3.8) is 0 Å². The van der Waals surface area contributed by atoms with E-state index in [1.54, 1.807) is 6.07 Å². The number of nitrogens with two attached hydrogens (primary N) is 1. The van der Waals surface area contributed by atoms with Crippen molar-refractivity contribution in [2.24, 2.45) is 17.1 Å². The highest BCUT2D eigenvalue weighted by atomic mass is 35.5. The van der Waals surface area contributed by atoms with Crippen molar-refractivity contribution in [2.75, 3.05) is 6.61 Å². The Balaban J connectivity index is 0.00000243. The Kier molecular flexibility index (Phi) is 5.67. The number of fused-ring (bicyclic) bond motifs is 1. The Morgan fingerprint density at radius 1 is 1.38 bits per heavy atom. The van der Waals surface area contributed by atoms with Gasteiger partial charge in [-0.3, -0.25) is 4.79 Å². The van der Waals surface area contributed by atoms with Gasteiger partial charge in [-0.25, -0.2) is 0 Å². The van der Waals surface area contributed by atoms with Crippen LogP contribution in [0.2, 0.25) is 0 Å².